The molecule has 0 saturated carbocycles. The van der Waals surface area contributed by atoms with Crippen molar-refractivity contribution >= 4 is 0 Å². The van der Waals surface area contributed by atoms with Crippen LogP contribution in [0, 0.1) is 0 Å². The summed E-state index contributed by atoms with van der Waals surface area (Å²) in [7, 11) is 0. The number of ether oxygens (including phenoxy) is 1. The third-order valence-corrected chi connectivity index (χ3v) is 4.02. The van der Waals surface area contributed by atoms with Crippen LogP contribution in [0.25, 0.3) is 0 Å². The van der Waals surface area contributed by atoms with Crippen LogP contribution in [0.1, 0.15) is 44.3 Å². The largest absolute Gasteiger partial charge is 0.365 e. The van der Waals surface area contributed by atoms with Gasteiger partial charge in [-0.25, -0.2) is 4.68 Å². The zero-order chi connectivity index (χ0) is 11.7. The topological polar surface area (TPSA) is 52.0 Å². The molecule has 1 aromatic rings. The van der Waals surface area contributed by atoms with Crippen LogP contribution in [0.2, 0.25) is 0 Å². The van der Waals surface area contributed by atoms with Crippen molar-refractivity contribution in [3.8, 4) is 0 Å². The maximum Gasteiger partial charge on any atom is 0.105 e. The average molecular weight is 236 g/mol. The summed E-state index contributed by atoms with van der Waals surface area (Å²) < 4.78 is 8.22. The fourth-order valence-corrected chi connectivity index (χ4v) is 3.03. The Labute approximate surface area is 102 Å². The van der Waals surface area contributed by atoms with Crippen molar-refractivity contribution in [2.45, 2.75) is 50.9 Å². The molecule has 0 aliphatic carbocycles. The van der Waals surface area contributed by atoms with E-state index < -0.39 is 0 Å². The van der Waals surface area contributed by atoms with Crippen LogP contribution in [0.15, 0.2) is 6.20 Å². The van der Waals surface area contributed by atoms with E-state index in [9.17, 15) is 0 Å². The van der Waals surface area contributed by atoms with Crippen molar-refractivity contribution in [1.29, 1.82) is 0 Å². The third-order valence-electron chi connectivity index (χ3n) is 4.02. The molecule has 3 heterocycles. The van der Waals surface area contributed by atoms with Crippen LogP contribution in [0.3, 0.4) is 0 Å². The Kier molecular flexibility index (Phi) is 2.88. The lowest BCUT2D eigenvalue weighted by molar-refractivity contribution is -0.1000. The van der Waals surface area contributed by atoms with Crippen molar-refractivity contribution < 1.29 is 4.74 Å². The first-order valence-electron chi connectivity index (χ1n) is 6.59. The summed E-state index contributed by atoms with van der Waals surface area (Å²) in [4.78, 5) is 0. The van der Waals surface area contributed by atoms with Gasteiger partial charge in [0.05, 0.1) is 24.5 Å². The first-order chi connectivity index (χ1) is 8.36. The smallest absolute Gasteiger partial charge is 0.105 e. The Bertz CT molecular complexity index is 392. The summed E-state index contributed by atoms with van der Waals surface area (Å²) in [5, 5.41) is 11.7. The van der Waals surface area contributed by atoms with E-state index in [1.165, 1.54) is 19.3 Å². The predicted octanol–water partition coefficient (Wildman–Crippen LogP) is 1.27. The Hall–Kier alpha value is -0.940. The van der Waals surface area contributed by atoms with Crippen LogP contribution in [0.4, 0.5) is 0 Å². The molecule has 17 heavy (non-hydrogen) atoms. The molecule has 1 saturated heterocycles. The van der Waals surface area contributed by atoms with Gasteiger partial charge in [0.15, 0.2) is 0 Å². The molecule has 2 aliphatic heterocycles. The Balaban J connectivity index is 1.80. The molecule has 3 rings (SSSR count). The van der Waals surface area contributed by atoms with Gasteiger partial charge in [-0.2, -0.15) is 0 Å². The molecule has 0 bridgehead atoms. The summed E-state index contributed by atoms with van der Waals surface area (Å²) >= 11 is 0. The van der Waals surface area contributed by atoms with E-state index >= 15 is 0 Å². The second-order valence-electron chi connectivity index (χ2n) is 5.13. The molecule has 0 spiro atoms. The predicted molar refractivity (Wildman–Crippen MR) is 63.6 cm³/mol. The van der Waals surface area contributed by atoms with Crippen molar-refractivity contribution in [2.75, 3.05) is 13.1 Å². The second-order valence-corrected chi connectivity index (χ2v) is 5.13. The van der Waals surface area contributed by atoms with E-state index in [1.807, 2.05) is 6.20 Å². The monoisotopic (exact) mass is 236 g/mol. The molecule has 1 N–H and O–H groups in total. The lowest BCUT2D eigenvalue weighted by atomic mass is 9.89. The van der Waals surface area contributed by atoms with Crippen molar-refractivity contribution in [3.05, 3.63) is 11.9 Å². The van der Waals surface area contributed by atoms with Gasteiger partial charge in [-0.1, -0.05) is 31.4 Å². The van der Waals surface area contributed by atoms with Crippen molar-refractivity contribution in [2.24, 2.45) is 0 Å². The zero-order valence-corrected chi connectivity index (χ0v) is 10.4. The van der Waals surface area contributed by atoms with Crippen LogP contribution < -0.4 is 5.32 Å². The van der Waals surface area contributed by atoms with Gasteiger partial charge in [-0.3, -0.25) is 0 Å². The van der Waals surface area contributed by atoms with Crippen molar-refractivity contribution in [3.63, 3.8) is 0 Å². The fourth-order valence-electron chi connectivity index (χ4n) is 3.03. The van der Waals surface area contributed by atoms with E-state index in [1.54, 1.807) is 0 Å². The van der Waals surface area contributed by atoms with Crippen LogP contribution in [-0.2, 0) is 11.3 Å². The zero-order valence-electron chi connectivity index (χ0n) is 10.4. The molecule has 0 radical (unpaired) electrons. The number of hydrogen-bond acceptors (Lipinski definition) is 4. The van der Waals surface area contributed by atoms with E-state index in [2.05, 4.69) is 27.2 Å². The van der Waals surface area contributed by atoms with Crippen LogP contribution in [0.5, 0.6) is 0 Å². The number of unbranched alkanes of at least 4 members (excludes halogenated alkanes) is 2. The number of nitrogens with zero attached hydrogens (tertiary/aromatic N) is 3. The molecular formula is C12H20N4O. The molecule has 0 amide bonds. The summed E-state index contributed by atoms with van der Waals surface area (Å²) in [5.74, 6) is 0. The molecule has 0 aromatic carbocycles. The molecule has 2 atom stereocenters. The van der Waals surface area contributed by atoms with E-state index in [0.717, 1.165) is 25.2 Å². The highest BCUT2D eigenvalue weighted by atomic mass is 16.5. The summed E-state index contributed by atoms with van der Waals surface area (Å²) in [6.07, 6.45) is 6.70. The number of rotatable bonds is 4. The van der Waals surface area contributed by atoms with Gasteiger partial charge in [-0.05, 0) is 6.42 Å². The maximum atomic E-state index is 6.16. The number of aromatic nitrogens is 3. The molecule has 1 aromatic heterocycles. The van der Waals surface area contributed by atoms with Gasteiger partial charge in [0.1, 0.15) is 5.60 Å². The normalized spacial score (nSPS) is 31.2. The standard InChI is InChI=1S/C12H20N4O/c1-2-3-4-5-12-9-13-7-11(12)16-10(8-17-12)6-14-15-16/h6,11,13H,2-5,7-9H2,1H3. The van der Waals surface area contributed by atoms with E-state index in [0.29, 0.717) is 12.6 Å². The molecule has 5 nitrogen and oxygen atoms in total. The lowest BCUT2D eigenvalue weighted by Gasteiger charge is -2.38. The van der Waals surface area contributed by atoms with Crippen LogP contribution >= 0.6 is 0 Å². The Morgan fingerprint density at radius 3 is 3.41 bits per heavy atom. The molecule has 5 heteroatoms. The minimum absolute atomic E-state index is 0.0458. The molecule has 2 unspecified atom stereocenters. The number of fused-ring (bicyclic) bond motifs is 3. The summed E-state index contributed by atoms with van der Waals surface area (Å²) in [5.41, 5.74) is 1.06. The van der Waals surface area contributed by atoms with Crippen molar-refractivity contribution in [1.82, 2.24) is 20.3 Å². The summed E-state index contributed by atoms with van der Waals surface area (Å²) in [6.45, 7) is 4.78. The SMILES string of the molecule is CCCCCC12CNCC1n1nncc1CO2. The Morgan fingerprint density at radius 1 is 1.59 bits per heavy atom. The van der Waals surface area contributed by atoms with Gasteiger partial charge in [0.2, 0.25) is 0 Å². The lowest BCUT2D eigenvalue weighted by Crippen LogP contribution is -2.46. The molecule has 94 valence electrons. The highest BCUT2D eigenvalue weighted by Crippen LogP contribution is 2.39. The van der Waals surface area contributed by atoms with Gasteiger partial charge >= 0.3 is 0 Å². The first-order valence-corrected chi connectivity index (χ1v) is 6.59. The number of nitrogens with one attached hydrogen (secondary N) is 1. The first kappa shape index (κ1) is 11.2. The summed E-state index contributed by atoms with van der Waals surface area (Å²) in [6, 6.07) is 0.325. The van der Waals surface area contributed by atoms with E-state index in [4.69, 9.17) is 4.74 Å². The van der Waals surface area contributed by atoms with Crippen LogP contribution in [-0.4, -0.2) is 33.7 Å². The fraction of sp³-hybridized carbons (Fsp3) is 0.833. The minimum atomic E-state index is -0.0458. The third kappa shape index (κ3) is 1.77. The molecule has 2 aliphatic rings. The quantitative estimate of drug-likeness (QED) is 0.800. The van der Waals surface area contributed by atoms with Gasteiger partial charge < -0.3 is 10.1 Å². The van der Waals surface area contributed by atoms with Gasteiger partial charge in [0.25, 0.3) is 0 Å². The Morgan fingerprint density at radius 2 is 2.53 bits per heavy atom. The second kappa shape index (κ2) is 4.38. The average Bonchev–Trinajstić information content (AvgIpc) is 2.94. The maximum absolute atomic E-state index is 6.16. The minimum Gasteiger partial charge on any atom is -0.365 e. The highest BCUT2D eigenvalue weighted by Gasteiger charge is 2.48. The molecular weight excluding hydrogens is 216 g/mol. The molecule has 1 fully saturated rings. The highest BCUT2D eigenvalue weighted by molar-refractivity contribution is 5.09. The van der Waals surface area contributed by atoms with Gasteiger partial charge in [0, 0.05) is 13.1 Å². The van der Waals surface area contributed by atoms with E-state index in [-0.39, 0.29) is 5.60 Å². The number of hydrogen-bond donors (Lipinski definition) is 1. The van der Waals surface area contributed by atoms with Gasteiger partial charge in [-0.15, -0.1) is 5.10 Å².